The molecule has 0 N–H and O–H groups in total. The van der Waals surface area contributed by atoms with Crippen molar-refractivity contribution in [2.75, 3.05) is 13.6 Å². The number of hydrogen-bond acceptors (Lipinski definition) is 4. The second-order valence-electron chi connectivity index (χ2n) is 4.56. The van der Waals surface area contributed by atoms with Gasteiger partial charge in [0.1, 0.15) is 0 Å². The summed E-state index contributed by atoms with van der Waals surface area (Å²) in [6.45, 7) is 1.74. The average Bonchev–Trinajstić information content (AvgIpc) is 2.93. The Labute approximate surface area is 117 Å². The number of aromatic nitrogens is 1. The lowest BCUT2D eigenvalue weighted by atomic mass is 10.2. The van der Waals surface area contributed by atoms with Crippen LogP contribution in [0, 0.1) is 0 Å². The van der Waals surface area contributed by atoms with Crippen LogP contribution in [0.15, 0.2) is 41.9 Å². The molecule has 0 amide bonds. The lowest BCUT2D eigenvalue weighted by molar-refractivity contribution is 0.0980. The van der Waals surface area contributed by atoms with E-state index in [0.717, 1.165) is 30.1 Å². The molecule has 0 saturated carbocycles. The summed E-state index contributed by atoms with van der Waals surface area (Å²) in [4.78, 5) is 19.2. The highest BCUT2D eigenvalue weighted by molar-refractivity contribution is 7.12. The van der Waals surface area contributed by atoms with Crippen LogP contribution in [0.2, 0.25) is 0 Å². The van der Waals surface area contributed by atoms with Gasteiger partial charge in [-0.2, -0.15) is 0 Å². The monoisotopic (exact) mass is 274 g/mol. The first-order valence-electron chi connectivity index (χ1n) is 6.41. The van der Waals surface area contributed by atoms with E-state index < -0.39 is 0 Å². The van der Waals surface area contributed by atoms with Crippen LogP contribution in [-0.2, 0) is 6.54 Å². The first-order chi connectivity index (χ1) is 9.25. The molecule has 100 valence electrons. The van der Waals surface area contributed by atoms with E-state index in [1.807, 2.05) is 41.9 Å². The van der Waals surface area contributed by atoms with Gasteiger partial charge in [0.15, 0.2) is 5.78 Å². The minimum Gasteiger partial charge on any atom is -0.301 e. The fraction of sp³-hybridized carbons (Fsp3) is 0.333. The van der Waals surface area contributed by atoms with Gasteiger partial charge in [-0.25, -0.2) is 0 Å². The number of Topliss-reactive ketones (excluding diaryl/α,β-unsaturated/α-hetero) is 1. The molecule has 0 saturated heterocycles. The first kappa shape index (κ1) is 13.9. The van der Waals surface area contributed by atoms with Crippen molar-refractivity contribution in [1.82, 2.24) is 9.88 Å². The van der Waals surface area contributed by atoms with Crippen molar-refractivity contribution >= 4 is 17.1 Å². The highest BCUT2D eigenvalue weighted by Crippen LogP contribution is 2.12. The third kappa shape index (κ3) is 4.58. The maximum absolute atomic E-state index is 11.8. The largest absolute Gasteiger partial charge is 0.301 e. The highest BCUT2D eigenvalue weighted by Gasteiger charge is 2.07. The Morgan fingerprint density at radius 3 is 2.89 bits per heavy atom. The average molecular weight is 274 g/mol. The molecule has 0 fully saturated rings. The van der Waals surface area contributed by atoms with E-state index in [4.69, 9.17) is 0 Å². The van der Waals surface area contributed by atoms with E-state index in [1.54, 1.807) is 0 Å². The molecule has 4 heteroatoms. The van der Waals surface area contributed by atoms with Gasteiger partial charge >= 0.3 is 0 Å². The Kier molecular flexibility index (Phi) is 5.24. The SMILES string of the molecule is CN(CCCC(=O)c1cccs1)Cc1ccccn1. The van der Waals surface area contributed by atoms with Crippen LogP contribution in [0.4, 0.5) is 0 Å². The Hall–Kier alpha value is -1.52. The predicted molar refractivity (Wildman–Crippen MR) is 78.5 cm³/mol. The van der Waals surface area contributed by atoms with E-state index in [0.29, 0.717) is 6.42 Å². The summed E-state index contributed by atoms with van der Waals surface area (Å²) in [5.41, 5.74) is 1.06. The van der Waals surface area contributed by atoms with Crippen LogP contribution >= 0.6 is 11.3 Å². The van der Waals surface area contributed by atoms with Crippen molar-refractivity contribution in [2.45, 2.75) is 19.4 Å². The van der Waals surface area contributed by atoms with Gasteiger partial charge < -0.3 is 4.90 Å². The smallest absolute Gasteiger partial charge is 0.172 e. The molecule has 19 heavy (non-hydrogen) atoms. The molecular weight excluding hydrogens is 256 g/mol. The van der Waals surface area contributed by atoms with Crippen molar-refractivity contribution in [2.24, 2.45) is 0 Å². The van der Waals surface area contributed by atoms with Crippen LogP contribution in [-0.4, -0.2) is 29.3 Å². The van der Waals surface area contributed by atoms with E-state index in [1.165, 1.54) is 11.3 Å². The number of hydrogen-bond donors (Lipinski definition) is 0. The molecule has 0 aliphatic rings. The van der Waals surface area contributed by atoms with E-state index >= 15 is 0 Å². The molecule has 2 aromatic heterocycles. The highest BCUT2D eigenvalue weighted by atomic mass is 32.1. The summed E-state index contributed by atoms with van der Waals surface area (Å²) in [7, 11) is 2.06. The van der Waals surface area contributed by atoms with Gasteiger partial charge in [-0.05, 0) is 43.6 Å². The zero-order valence-corrected chi connectivity index (χ0v) is 11.9. The Balaban J connectivity index is 1.69. The van der Waals surface area contributed by atoms with Crippen LogP contribution in [0.5, 0.6) is 0 Å². The number of pyridine rings is 1. The molecule has 0 aromatic carbocycles. The van der Waals surface area contributed by atoms with Gasteiger partial charge in [0, 0.05) is 19.2 Å². The van der Waals surface area contributed by atoms with Crippen molar-refractivity contribution in [1.29, 1.82) is 0 Å². The number of ketones is 1. The molecule has 2 aromatic rings. The Morgan fingerprint density at radius 1 is 1.32 bits per heavy atom. The summed E-state index contributed by atoms with van der Waals surface area (Å²) in [5.74, 6) is 0.251. The fourth-order valence-corrected chi connectivity index (χ4v) is 2.61. The summed E-state index contributed by atoms with van der Waals surface area (Å²) in [5, 5.41) is 1.94. The lowest BCUT2D eigenvalue weighted by Gasteiger charge is -2.15. The third-order valence-corrected chi connectivity index (χ3v) is 3.81. The number of carbonyl (C=O) groups excluding carboxylic acids is 1. The quantitative estimate of drug-likeness (QED) is 0.727. The Morgan fingerprint density at radius 2 is 2.21 bits per heavy atom. The normalized spacial score (nSPS) is 10.8. The summed E-state index contributed by atoms with van der Waals surface area (Å²) >= 11 is 1.52. The van der Waals surface area contributed by atoms with Gasteiger partial charge in [0.05, 0.1) is 10.6 Å². The van der Waals surface area contributed by atoms with Crippen molar-refractivity contribution in [3.05, 3.63) is 52.5 Å². The molecular formula is C15H18N2OS. The molecule has 2 rings (SSSR count). The molecule has 0 aliphatic carbocycles. The molecule has 2 heterocycles. The first-order valence-corrected chi connectivity index (χ1v) is 7.29. The maximum Gasteiger partial charge on any atom is 0.172 e. The molecule has 0 atom stereocenters. The van der Waals surface area contributed by atoms with Gasteiger partial charge in [-0.15, -0.1) is 11.3 Å². The van der Waals surface area contributed by atoms with Gasteiger partial charge in [0.25, 0.3) is 0 Å². The summed E-state index contributed by atoms with van der Waals surface area (Å²) in [6, 6.07) is 9.75. The zero-order chi connectivity index (χ0) is 13.5. The van der Waals surface area contributed by atoms with Crippen molar-refractivity contribution in [3.8, 4) is 0 Å². The summed E-state index contributed by atoms with van der Waals surface area (Å²) in [6.07, 6.45) is 3.32. The topological polar surface area (TPSA) is 33.2 Å². The summed E-state index contributed by atoms with van der Waals surface area (Å²) < 4.78 is 0. The van der Waals surface area contributed by atoms with Crippen LogP contribution in [0.3, 0.4) is 0 Å². The molecule has 0 aliphatic heterocycles. The molecule has 3 nitrogen and oxygen atoms in total. The number of rotatable bonds is 7. The standard InChI is InChI=1S/C15H18N2OS/c1-17(12-13-6-2-3-9-16-13)10-4-7-14(18)15-8-5-11-19-15/h2-3,5-6,8-9,11H,4,7,10,12H2,1H3. The lowest BCUT2D eigenvalue weighted by Crippen LogP contribution is -2.20. The molecule has 0 spiro atoms. The van der Waals surface area contributed by atoms with Crippen LogP contribution < -0.4 is 0 Å². The predicted octanol–water partition coefficient (Wildman–Crippen LogP) is 3.24. The third-order valence-electron chi connectivity index (χ3n) is 2.90. The van der Waals surface area contributed by atoms with Gasteiger partial charge in [-0.3, -0.25) is 9.78 Å². The van der Waals surface area contributed by atoms with Crippen LogP contribution in [0.25, 0.3) is 0 Å². The minimum atomic E-state index is 0.251. The second-order valence-corrected chi connectivity index (χ2v) is 5.51. The number of nitrogens with zero attached hydrogens (tertiary/aromatic N) is 2. The number of carbonyl (C=O) groups is 1. The molecule has 0 radical (unpaired) electrons. The van der Waals surface area contributed by atoms with Gasteiger partial charge in [0.2, 0.25) is 0 Å². The fourth-order valence-electron chi connectivity index (χ4n) is 1.92. The van der Waals surface area contributed by atoms with Crippen molar-refractivity contribution < 1.29 is 4.79 Å². The second kappa shape index (κ2) is 7.16. The molecule has 0 bridgehead atoms. The van der Waals surface area contributed by atoms with Crippen LogP contribution in [0.1, 0.15) is 28.2 Å². The maximum atomic E-state index is 11.8. The van der Waals surface area contributed by atoms with E-state index in [9.17, 15) is 4.79 Å². The van der Waals surface area contributed by atoms with E-state index in [-0.39, 0.29) is 5.78 Å². The Bertz CT molecular complexity index is 496. The van der Waals surface area contributed by atoms with E-state index in [2.05, 4.69) is 16.9 Å². The molecule has 0 unspecified atom stereocenters. The zero-order valence-electron chi connectivity index (χ0n) is 11.1. The minimum absolute atomic E-state index is 0.251. The van der Waals surface area contributed by atoms with Gasteiger partial charge in [-0.1, -0.05) is 12.1 Å². The van der Waals surface area contributed by atoms with Crippen molar-refractivity contribution in [3.63, 3.8) is 0 Å². The number of thiophene rings is 1.